The molecule has 24 heavy (non-hydrogen) atoms. The van der Waals surface area contributed by atoms with Gasteiger partial charge in [0.05, 0.1) is 11.7 Å². The van der Waals surface area contributed by atoms with Crippen molar-refractivity contribution in [2.45, 2.75) is 66.2 Å². The van der Waals surface area contributed by atoms with E-state index in [4.69, 9.17) is 4.74 Å². The van der Waals surface area contributed by atoms with Crippen molar-refractivity contribution in [1.29, 1.82) is 0 Å². The Morgan fingerprint density at radius 1 is 1.38 bits per heavy atom. The number of hydrogen-bond acceptors (Lipinski definition) is 3. The molecule has 1 heterocycles. The summed E-state index contributed by atoms with van der Waals surface area (Å²) in [5.74, 6) is -1.35. The van der Waals surface area contributed by atoms with Crippen LogP contribution in [0.4, 0.5) is 0 Å². The van der Waals surface area contributed by atoms with Crippen molar-refractivity contribution >= 4 is 11.9 Å². The Morgan fingerprint density at radius 3 is 2.42 bits per heavy atom. The molecular weight excluding hydrogens is 308 g/mol. The van der Waals surface area contributed by atoms with E-state index in [0.717, 1.165) is 17.9 Å². The van der Waals surface area contributed by atoms with Gasteiger partial charge in [0.2, 0.25) is 0 Å². The maximum atomic E-state index is 12.8. The molecule has 6 nitrogen and oxygen atoms in total. The predicted molar refractivity (Wildman–Crippen MR) is 91.2 cm³/mol. The van der Waals surface area contributed by atoms with E-state index in [0.29, 0.717) is 12.2 Å². The van der Waals surface area contributed by atoms with Crippen LogP contribution in [0.15, 0.2) is 6.07 Å². The third-order valence-corrected chi connectivity index (χ3v) is 5.59. The summed E-state index contributed by atoms with van der Waals surface area (Å²) in [5, 5.41) is 12.6. The van der Waals surface area contributed by atoms with Gasteiger partial charge in [0, 0.05) is 36.4 Å². The van der Waals surface area contributed by atoms with Crippen molar-refractivity contribution < 1.29 is 19.4 Å². The molecule has 1 amide bonds. The lowest BCUT2D eigenvalue weighted by atomic mass is 9.54. The highest BCUT2D eigenvalue weighted by Crippen LogP contribution is 2.51. The molecule has 1 aromatic heterocycles. The van der Waals surface area contributed by atoms with E-state index in [-0.39, 0.29) is 18.4 Å². The molecule has 0 bridgehead atoms. The molecule has 2 atom stereocenters. The van der Waals surface area contributed by atoms with E-state index < -0.39 is 16.9 Å². The van der Waals surface area contributed by atoms with Crippen molar-refractivity contribution in [3.05, 3.63) is 23.0 Å². The van der Waals surface area contributed by atoms with Crippen LogP contribution < -0.4 is 5.32 Å². The molecule has 0 spiro atoms. The average molecular weight is 336 g/mol. The van der Waals surface area contributed by atoms with Gasteiger partial charge in [0.15, 0.2) is 0 Å². The standard InChI is InChI=1S/C18H28N2O4/c1-7-20-11(3)9-13(12(20)4)15(21)19-18(16(22)23)10-14(24-8-2)17(18,5)6/h9,14H,7-8,10H2,1-6H3,(H,19,21)(H,22,23). The van der Waals surface area contributed by atoms with Crippen molar-refractivity contribution in [3.63, 3.8) is 0 Å². The number of aryl methyl sites for hydroxylation is 1. The summed E-state index contributed by atoms with van der Waals surface area (Å²) in [6.45, 7) is 12.7. The Morgan fingerprint density at radius 2 is 2.00 bits per heavy atom. The molecule has 0 aliphatic heterocycles. The minimum atomic E-state index is -1.31. The Labute approximate surface area is 143 Å². The smallest absolute Gasteiger partial charge is 0.330 e. The summed E-state index contributed by atoms with van der Waals surface area (Å²) in [5.41, 5.74) is 0.390. The fraction of sp³-hybridized carbons (Fsp3) is 0.667. The number of carboxylic acid groups (broad SMARTS) is 1. The van der Waals surface area contributed by atoms with Crippen LogP contribution in [-0.2, 0) is 16.1 Å². The van der Waals surface area contributed by atoms with Crippen LogP contribution in [0.2, 0.25) is 0 Å². The lowest BCUT2D eigenvalue weighted by molar-refractivity contribution is -0.190. The van der Waals surface area contributed by atoms with E-state index in [1.807, 2.05) is 52.2 Å². The number of aliphatic carboxylic acids is 1. The Kier molecular flexibility index (Phi) is 4.81. The van der Waals surface area contributed by atoms with Crippen molar-refractivity contribution in [1.82, 2.24) is 9.88 Å². The first-order chi connectivity index (χ1) is 11.1. The fourth-order valence-corrected chi connectivity index (χ4v) is 3.82. The van der Waals surface area contributed by atoms with E-state index in [1.165, 1.54) is 0 Å². The number of carboxylic acids is 1. The van der Waals surface area contributed by atoms with Gasteiger partial charge in [-0.15, -0.1) is 0 Å². The SMILES string of the molecule is CCOC1CC(NC(=O)c2cc(C)n(CC)c2C)(C(=O)O)C1(C)C. The number of hydrogen-bond donors (Lipinski definition) is 2. The van der Waals surface area contributed by atoms with E-state index in [9.17, 15) is 14.7 Å². The third kappa shape index (κ3) is 2.53. The van der Waals surface area contributed by atoms with Gasteiger partial charge in [-0.1, -0.05) is 13.8 Å². The molecule has 1 aromatic rings. The van der Waals surface area contributed by atoms with Gasteiger partial charge in [-0.25, -0.2) is 4.79 Å². The predicted octanol–water partition coefficient (Wildman–Crippen LogP) is 2.51. The topological polar surface area (TPSA) is 80.6 Å². The molecule has 0 aromatic carbocycles. The highest BCUT2D eigenvalue weighted by Gasteiger charge is 2.66. The molecule has 1 saturated carbocycles. The average Bonchev–Trinajstić information content (AvgIpc) is 2.79. The summed E-state index contributed by atoms with van der Waals surface area (Å²) in [7, 11) is 0. The summed E-state index contributed by atoms with van der Waals surface area (Å²) in [6, 6.07) is 1.81. The second kappa shape index (κ2) is 6.24. The number of carbonyl (C=O) groups is 2. The van der Waals surface area contributed by atoms with Gasteiger partial charge in [0.25, 0.3) is 5.91 Å². The molecule has 2 rings (SSSR count). The largest absolute Gasteiger partial charge is 0.479 e. The quantitative estimate of drug-likeness (QED) is 0.836. The van der Waals surface area contributed by atoms with E-state index >= 15 is 0 Å². The first-order valence-corrected chi connectivity index (χ1v) is 8.46. The number of ether oxygens (including phenoxy) is 1. The van der Waals surface area contributed by atoms with Crippen LogP contribution in [0.25, 0.3) is 0 Å². The molecule has 2 N–H and O–H groups in total. The Bertz CT molecular complexity index is 662. The Balaban J connectivity index is 2.30. The minimum Gasteiger partial charge on any atom is -0.479 e. The molecule has 1 aliphatic carbocycles. The monoisotopic (exact) mass is 336 g/mol. The number of amides is 1. The number of nitrogens with zero attached hydrogens (tertiary/aromatic N) is 1. The number of nitrogens with one attached hydrogen (secondary N) is 1. The van der Waals surface area contributed by atoms with Crippen LogP contribution in [0, 0.1) is 19.3 Å². The normalized spacial score (nSPS) is 25.2. The zero-order chi connectivity index (χ0) is 18.3. The number of carbonyl (C=O) groups excluding carboxylic acids is 1. The maximum absolute atomic E-state index is 12.8. The van der Waals surface area contributed by atoms with Crippen molar-refractivity contribution in [2.75, 3.05) is 6.61 Å². The van der Waals surface area contributed by atoms with E-state index in [2.05, 4.69) is 5.32 Å². The van der Waals surface area contributed by atoms with Crippen molar-refractivity contribution in [3.8, 4) is 0 Å². The zero-order valence-electron chi connectivity index (χ0n) is 15.4. The Hall–Kier alpha value is -1.82. The molecule has 0 radical (unpaired) electrons. The molecule has 134 valence electrons. The highest BCUT2D eigenvalue weighted by molar-refractivity contribution is 5.99. The summed E-state index contributed by atoms with van der Waals surface area (Å²) < 4.78 is 7.67. The highest BCUT2D eigenvalue weighted by atomic mass is 16.5. The van der Waals surface area contributed by atoms with Gasteiger partial charge >= 0.3 is 5.97 Å². The lowest BCUT2D eigenvalue weighted by Gasteiger charge is -2.58. The second-order valence-corrected chi connectivity index (χ2v) is 7.06. The summed E-state index contributed by atoms with van der Waals surface area (Å²) in [4.78, 5) is 24.8. The van der Waals surface area contributed by atoms with Crippen LogP contribution in [0.5, 0.6) is 0 Å². The van der Waals surface area contributed by atoms with Crippen LogP contribution in [0.1, 0.15) is 55.9 Å². The van der Waals surface area contributed by atoms with Crippen LogP contribution in [-0.4, -0.2) is 39.8 Å². The summed E-state index contributed by atoms with van der Waals surface area (Å²) in [6.07, 6.45) is 0.100. The van der Waals surface area contributed by atoms with Gasteiger partial charge in [-0.2, -0.15) is 0 Å². The molecular formula is C18H28N2O4. The maximum Gasteiger partial charge on any atom is 0.330 e. The molecule has 2 unspecified atom stereocenters. The fourth-order valence-electron chi connectivity index (χ4n) is 3.82. The number of aromatic nitrogens is 1. The molecule has 1 fully saturated rings. The first-order valence-electron chi connectivity index (χ1n) is 8.46. The molecule has 0 saturated heterocycles. The second-order valence-electron chi connectivity index (χ2n) is 7.06. The minimum absolute atomic E-state index is 0.179. The molecule has 6 heteroatoms. The molecule has 1 aliphatic rings. The van der Waals surface area contributed by atoms with Gasteiger partial charge in [0.1, 0.15) is 5.54 Å². The van der Waals surface area contributed by atoms with Gasteiger partial charge < -0.3 is 19.7 Å². The van der Waals surface area contributed by atoms with Crippen LogP contribution >= 0.6 is 0 Å². The number of rotatable bonds is 6. The van der Waals surface area contributed by atoms with Gasteiger partial charge in [-0.05, 0) is 33.8 Å². The zero-order valence-corrected chi connectivity index (χ0v) is 15.4. The van der Waals surface area contributed by atoms with E-state index in [1.54, 1.807) is 0 Å². The lowest BCUT2D eigenvalue weighted by Crippen LogP contribution is -2.76. The third-order valence-electron chi connectivity index (χ3n) is 5.59. The summed E-state index contributed by atoms with van der Waals surface area (Å²) >= 11 is 0. The van der Waals surface area contributed by atoms with Gasteiger partial charge in [-0.3, -0.25) is 4.79 Å². The first kappa shape index (κ1) is 18.5. The van der Waals surface area contributed by atoms with Crippen LogP contribution in [0.3, 0.4) is 0 Å². The van der Waals surface area contributed by atoms with Crippen molar-refractivity contribution in [2.24, 2.45) is 5.41 Å².